The van der Waals surface area contributed by atoms with E-state index in [1.807, 2.05) is 0 Å². The predicted molar refractivity (Wildman–Crippen MR) is 180 cm³/mol. The highest BCUT2D eigenvalue weighted by Crippen LogP contribution is 2.57. The molecule has 2 aliphatic heterocycles. The van der Waals surface area contributed by atoms with Crippen molar-refractivity contribution in [2.24, 2.45) is 18.4 Å². The SMILES string of the molecule is CCC1(C(C)Cc2ccccc2-c2cccc[n+]2C)C2=CC=CB(c3c(C)cccc3C)N2c2cccc[n+]2C1(C)CC. The summed E-state index contributed by atoms with van der Waals surface area (Å²) in [4.78, 5) is 2.68. The lowest BCUT2D eigenvalue weighted by atomic mass is 9.46. The van der Waals surface area contributed by atoms with Gasteiger partial charge < -0.3 is 0 Å². The third kappa shape index (κ3) is 4.41. The molecule has 0 bridgehead atoms. The van der Waals surface area contributed by atoms with Crippen molar-refractivity contribution in [2.75, 3.05) is 4.81 Å². The van der Waals surface area contributed by atoms with Crippen LogP contribution in [0.2, 0.25) is 0 Å². The van der Waals surface area contributed by atoms with E-state index >= 15 is 0 Å². The van der Waals surface area contributed by atoms with Crippen LogP contribution >= 0.6 is 0 Å². The summed E-state index contributed by atoms with van der Waals surface area (Å²) in [5.74, 6) is 4.06. The van der Waals surface area contributed by atoms with Crippen molar-refractivity contribution in [1.29, 1.82) is 0 Å². The van der Waals surface area contributed by atoms with Crippen molar-refractivity contribution in [1.82, 2.24) is 0 Å². The van der Waals surface area contributed by atoms with Crippen molar-refractivity contribution in [3.05, 3.63) is 132 Å². The van der Waals surface area contributed by atoms with E-state index in [1.54, 1.807) is 0 Å². The van der Waals surface area contributed by atoms with Gasteiger partial charge in [0.2, 0.25) is 5.69 Å². The van der Waals surface area contributed by atoms with Crippen LogP contribution < -0.4 is 19.4 Å². The number of rotatable bonds is 7. The quantitative estimate of drug-likeness (QED) is 0.170. The molecule has 43 heavy (non-hydrogen) atoms. The van der Waals surface area contributed by atoms with E-state index in [9.17, 15) is 0 Å². The van der Waals surface area contributed by atoms with E-state index in [2.05, 4.69) is 172 Å². The lowest BCUT2D eigenvalue weighted by molar-refractivity contribution is -0.771. The van der Waals surface area contributed by atoms with Gasteiger partial charge in [-0.2, -0.15) is 0 Å². The maximum absolute atomic E-state index is 2.68. The molecule has 2 aromatic carbocycles. The molecule has 0 radical (unpaired) electrons. The second-order valence-electron chi connectivity index (χ2n) is 12.9. The fourth-order valence-electron chi connectivity index (χ4n) is 8.69. The number of aryl methyl sites for hydroxylation is 3. The molecule has 0 amide bonds. The van der Waals surface area contributed by atoms with Gasteiger partial charge in [0.25, 0.3) is 5.82 Å². The maximum Gasteiger partial charge on any atom is 0.440 e. The Labute approximate surface area is 259 Å². The van der Waals surface area contributed by atoms with E-state index in [1.165, 1.54) is 44.9 Å². The molecule has 3 unspecified atom stereocenters. The number of hydrogen-bond donors (Lipinski definition) is 0. The van der Waals surface area contributed by atoms with Crippen LogP contribution in [-0.2, 0) is 19.0 Å². The van der Waals surface area contributed by atoms with E-state index in [0.29, 0.717) is 5.92 Å². The van der Waals surface area contributed by atoms with Crippen molar-refractivity contribution in [3.8, 4) is 11.3 Å². The number of pyridine rings is 2. The van der Waals surface area contributed by atoms with E-state index < -0.39 is 0 Å². The molecule has 0 saturated carbocycles. The Morgan fingerprint density at radius 1 is 0.837 bits per heavy atom. The highest BCUT2D eigenvalue weighted by atomic mass is 15.3. The smallest absolute Gasteiger partial charge is 0.285 e. The van der Waals surface area contributed by atoms with Gasteiger partial charge in [-0.25, -0.2) is 9.13 Å². The molecule has 4 heterocycles. The van der Waals surface area contributed by atoms with Gasteiger partial charge in [0.15, 0.2) is 6.20 Å². The molecule has 0 N–H and O–H groups in total. The molecule has 0 aliphatic carbocycles. The second-order valence-corrected chi connectivity index (χ2v) is 12.9. The van der Waals surface area contributed by atoms with Gasteiger partial charge in [-0.05, 0) is 81.3 Å². The first-order chi connectivity index (χ1) is 20.8. The van der Waals surface area contributed by atoms with Crippen LogP contribution in [0.4, 0.5) is 5.82 Å². The Balaban J connectivity index is 1.55. The van der Waals surface area contributed by atoms with Crippen molar-refractivity contribution < 1.29 is 9.13 Å². The fourth-order valence-corrected chi connectivity index (χ4v) is 8.69. The van der Waals surface area contributed by atoms with Crippen LogP contribution in [0, 0.1) is 25.2 Å². The van der Waals surface area contributed by atoms with E-state index in [-0.39, 0.29) is 17.8 Å². The summed E-state index contributed by atoms with van der Waals surface area (Å²) in [7, 11) is 2.15. The summed E-state index contributed by atoms with van der Waals surface area (Å²) >= 11 is 0. The minimum Gasteiger partial charge on any atom is -0.285 e. The number of benzene rings is 2. The van der Waals surface area contributed by atoms with Crippen molar-refractivity contribution >= 4 is 18.1 Å². The van der Waals surface area contributed by atoms with Gasteiger partial charge in [0.1, 0.15) is 12.6 Å². The number of anilines is 1. The zero-order valence-corrected chi connectivity index (χ0v) is 27.0. The van der Waals surface area contributed by atoms with Crippen LogP contribution in [0.1, 0.15) is 57.2 Å². The molecule has 6 rings (SSSR count). The molecule has 2 aliphatic rings. The Bertz CT molecular complexity index is 1700. The number of allylic oxidation sites excluding steroid dienone is 3. The zero-order valence-electron chi connectivity index (χ0n) is 27.0. The zero-order chi connectivity index (χ0) is 30.4. The highest BCUT2D eigenvalue weighted by Gasteiger charge is 2.64. The fraction of sp³-hybridized carbons (Fsp3) is 0.333. The molecule has 0 saturated heterocycles. The summed E-state index contributed by atoms with van der Waals surface area (Å²) in [6.45, 7) is 14.5. The maximum atomic E-state index is 2.68. The number of aromatic nitrogens is 2. The Hall–Kier alpha value is -3.92. The summed E-state index contributed by atoms with van der Waals surface area (Å²) in [5.41, 5.74) is 9.36. The molecule has 2 aromatic heterocycles. The van der Waals surface area contributed by atoms with Crippen LogP contribution in [0.25, 0.3) is 11.3 Å². The Kier molecular flexibility index (Phi) is 7.67. The summed E-state index contributed by atoms with van der Waals surface area (Å²) < 4.78 is 4.86. The van der Waals surface area contributed by atoms with Crippen LogP contribution in [0.5, 0.6) is 0 Å². The van der Waals surface area contributed by atoms with Crippen LogP contribution in [-0.4, -0.2) is 6.85 Å². The molecule has 4 aromatic rings. The predicted octanol–water partition coefficient (Wildman–Crippen LogP) is 7.19. The minimum absolute atomic E-state index is 0.105. The molecular formula is C39H46BN3+2. The van der Waals surface area contributed by atoms with Crippen LogP contribution in [0.15, 0.2) is 115 Å². The van der Waals surface area contributed by atoms with Gasteiger partial charge in [-0.15, -0.1) is 0 Å². The van der Waals surface area contributed by atoms with Gasteiger partial charge in [0.05, 0.1) is 17.3 Å². The average molecular weight is 568 g/mol. The first kappa shape index (κ1) is 29.2. The first-order valence-electron chi connectivity index (χ1n) is 16.1. The molecule has 218 valence electrons. The number of hydrogen-bond acceptors (Lipinski definition) is 1. The standard InChI is InChI=1S/C39H46BN3/c1-8-38(6)39(9-2,31(5)28-32-20-10-11-21-33(32)34-22-12-14-26-41(34)7)35-23-17-25-40(37-29(3)18-16-19-30(37)4)43(35)36-24-13-15-27-42(36)38/h10-27,31H,8-9,28H2,1-7H3/q+2. The Morgan fingerprint density at radius 2 is 1.53 bits per heavy atom. The lowest BCUT2D eigenvalue weighted by Gasteiger charge is -2.56. The van der Waals surface area contributed by atoms with Gasteiger partial charge in [0, 0.05) is 23.8 Å². The van der Waals surface area contributed by atoms with Gasteiger partial charge >= 0.3 is 6.85 Å². The van der Waals surface area contributed by atoms with E-state index in [0.717, 1.165) is 19.3 Å². The van der Waals surface area contributed by atoms with Gasteiger partial charge in [-0.1, -0.05) is 86.4 Å². The van der Waals surface area contributed by atoms with Gasteiger partial charge in [-0.3, -0.25) is 4.81 Å². The minimum atomic E-state index is -0.108. The number of nitrogens with zero attached hydrogens (tertiary/aromatic N) is 3. The summed E-state index contributed by atoms with van der Waals surface area (Å²) in [6, 6.07) is 29.0. The normalized spacial score (nSPS) is 21.7. The third-order valence-electron chi connectivity index (χ3n) is 10.9. The largest absolute Gasteiger partial charge is 0.440 e. The monoisotopic (exact) mass is 567 g/mol. The van der Waals surface area contributed by atoms with Crippen molar-refractivity contribution in [2.45, 2.75) is 66.3 Å². The molecule has 0 spiro atoms. The molecule has 3 atom stereocenters. The highest BCUT2D eigenvalue weighted by molar-refractivity contribution is 6.82. The van der Waals surface area contributed by atoms with Crippen molar-refractivity contribution in [3.63, 3.8) is 0 Å². The molecular weight excluding hydrogens is 521 g/mol. The summed E-state index contributed by atoms with van der Waals surface area (Å²) in [5, 5.41) is 0. The van der Waals surface area contributed by atoms with Crippen LogP contribution in [0.3, 0.4) is 0 Å². The second kappa shape index (κ2) is 11.3. The molecule has 3 nitrogen and oxygen atoms in total. The lowest BCUT2D eigenvalue weighted by Crippen LogP contribution is -2.74. The Morgan fingerprint density at radius 3 is 2.26 bits per heavy atom. The number of fused-ring (bicyclic) bond motifs is 3. The molecule has 0 fully saturated rings. The third-order valence-corrected chi connectivity index (χ3v) is 10.9. The topological polar surface area (TPSA) is 11.0 Å². The molecule has 4 heteroatoms. The first-order valence-corrected chi connectivity index (χ1v) is 16.1. The summed E-state index contributed by atoms with van der Waals surface area (Å²) in [6.07, 6.45) is 12.4. The average Bonchev–Trinajstić information content (AvgIpc) is 3.02. The van der Waals surface area contributed by atoms with E-state index in [4.69, 9.17) is 0 Å².